The summed E-state index contributed by atoms with van der Waals surface area (Å²) in [6.45, 7) is 5.14. The predicted octanol–water partition coefficient (Wildman–Crippen LogP) is 0.798. The molecule has 21 heavy (non-hydrogen) atoms. The summed E-state index contributed by atoms with van der Waals surface area (Å²) in [5, 5.41) is 25.3. The molecule has 0 aliphatic heterocycles. The lowest BCUT2D eigenvalue weighted by atomic mass is 9.87. The van der Waals surface area contributed by atoms with Crippen LogP contribution >= 0.6 is 0 Å². The van der Waals surface area contributed by atoms with Gasteiger partial charge in [-0.3, -0.25) is 4.79 Å². The first-order valence-electron chi connectivity index (χ1n) is 7.28. The molecule has 0 radical (unpaired) electrons. The fourth-order valence-electron chi connectivity index (χ4n) is 1.69. The van der Waals surface area contributed by atoms with Gasteiger partial charge in [-0.2, -0.15) is 4.98 Å². The number of nitrogens with zero attached hydrogens (tertiary/aromatic N) is 2. The van der Waals surface area contributed by atoms with E-state index in [0.717, 1.165) is 25.7 Å². The minimum atomic E-state index is -1.29. The summed E-state index contributed by atoms with van der Waals surface area (Å²) >= 11 is 0. The molecule has 0 unspecified atom stereocenters. The van der Waals surface area contributed by atoms with E-state index in [0.29, 0.717) is 11.7 Å². The first-order chi connectivity index (χ1) is 9.90. The van der Waals surface area contributed by atoms with Gasteiger partial charge in [0.05, 0.1) is 13.2 Å². The SMILES string of the molecule is CCCCCc1nc(CNC(=O)[C@H](O)C(C)(C)CO)no1. The van der Waals surface area contributed by atoms with E-state index in [-0.39, 0.29) is 13.2 Å². The topological polar surface area (TPSA) is 108 Å². The van der Waals surface area contributed by atoms with E-state index in [2.05, 4.69) is 22.4 Å². The Morgan fingerprint density at radius 1 is 1.43 bits per heavy atom. The van der Waals surface area contributed by atoms with Crippen molar-refractivity contribution in [1.82, 2.24) is 15.5 Å². The van der Waals surface area contributed by atoms with Crippen molar-refractivity contribution in [3.63, 3.8) is 0 Å². The van der Waals surface area contributed by atoms with Crippen molar-refractivity contribution in [2.45, 2.75) is 59.1 Å². The Bertz CT molecular complexity index is 445. The van der Waals surface area contributed by atoms with Gasteiger partial charge in [0.2, 0.25) is 11.8 Å². The van der Waals surface area contributed by atoms with Crippen molar-refractivity contribution >= 4 is 5.91 Å². The van der Waals surface area contributed by atoms with Crippen molar-refractivity contribution in [1.29, 1.82) is 0 Å². The largest absolute Gasteiger partial charge is 0.396 e. The third-order valence-corrected chi connectivity index (χ3v) is 3.32. The summed E-state index contributed by atoms with van der Waals surface area (Å²) in [4.78, 5) is 16.0. The van der Waals surface area contributed by atoms with Crippen molar-refractivity contribution in [3.8, 4) is 0 Å². The molecule has 0 bridgehead atoms. The molecule has 7 heteroatoms. The molecule has 0 aliphatic rings. The zero-order chi connectivity index (χ0) is 15.9. The van der Waals surface area contributed by atoms with E-state index in [1.807, 2.05) is 0 Å². The van der Waals surface area contributed by atoms with Crippen LogP contribution in [0.5, 0.6) is 0 Å². The average molecular weight is 299 g/mol. The second kappa shape index (κ2) is 8.09. The second-order valence-corrected chi connectivity index (χ2v) is 5.83. The smallest absolute Gasteiger partial charge is 0.249 e. The molecule has 0 aliphatic carbocycles. The lowest BCUT2D eigenvalue weighted by molar-refractivity contribution is -0.137. The molecule has 1 aromatic heterocycles. The number of nitrogens with one attached hydrogen (secondary N) is 1. The van der Waals surface area contributed by atoms with Crippen molar-refractivity contribution in [2.75, 3.05) is 6.61 Å². The predicted molar refractivity (Wildman–Crippen MR) is 76.2 cm³/mol. The van der Waals surface area contributed by atoms with Gasteiger partial charge in [0.1, 0.15) is 6.10 Å². The van der Waals surface area contributed by atoms with Gasteiger partial charge in [-0.25, -0.2) is 0 Å². The highest BCUT2D eigenvalue weighted by Gasteiger charge is 2.32. The van der Waals surface area contributed by atoms with Crippen molar-refractivity contribution in [3.05, 3.63) is 11.7 Å². The summed E-state index contributed by atoms with van der Waals surface area (Å²) in [6.07, 6.45) is 2.66. The maximum atomic E-state index is 11.8. The second-order valence-electron chi connectivity index (χ2n) is 5.83. The van der Waals surface area contributed by atoms with E-state index in [4.69, 9.17) is 9.63 Å². The van der Waals surface area contributed by atoms with Crippen LogP contribution in [-0.2, 0) is 17.8 Å². The molecule has 0 spiro atoms. The van der Waals surface area contributed by atoms with Crippen LogP contribution in [-0.4, -0.2) is 39.0 Å². The Morgan fingerprint density at radius 3 is 2.76 bits per heavy atom. The summed E-state index contributed by atoms with van der Waals surface area (Å²) < 4.78 is 5.08. The van der Waals surface area contributed by atoms with Gasteiger partial charge in [-0.1, -0.05) is 38.8 Å². The average Bonchev–Trinajstić information content (AvgIpc) is 2.92. The first kappa shape index (κ1) is 17.6. The molecule has 0 saturated heterocycles. The van der Waals surface area contributed by atoms with Crippen molar-refractivity contribution < 1.29 is 19.5 Å². The zero-order valence-electron chi connectivity index (χ0n) is 12.9. The van der Waals surface area contributed by atoms with Crippen LogP contribution in [0.15, 0.2) is 4.52 Å². The lowest BCUT2D eigenvalue weighted by Crippen LogP contribution is -2.45. The van der Waals surface area contributed by atoms with Gasteiger partial charge < -0.3 is 20.1 Å². The molecule has 7 nitrogen and oxygen atoms in total. The quantitative estimate of drug-likeness (QED) is 0.582. The van der Waals surface area contributed by atoms with Gasteiger partial charge >= 0.3 is 0 Å². The standard InChI is InChI=1S/C14H25N3O4/c1-4-5-6-7-11-16-10(17-21-11)8-15-13(20)12(19)14(2,3)9-18/h12,18-19H,4-9H2,1-3H3,(H,15,20)/t12-/m0/s1. The molecule has 1 aromatic rings. The summed E-state index contributed by atoms with van der Waals surface area (Å²) in [5.41, 5.74) is -0.896. The Morgan fingerprint density at radius 2 is 2.14 bits per heavy atom. The molecule has 0 saturated carbocycles. The maximum absolute atomic E-state index is 11.8. The monoisotopic (exact) mass is 299 g/mol. The molecule has 3 N–H and O–H groups in total. The molecule has 1 atom stereocenters. The molecule has 1 rings (SSSR count). The van der Waals surface area contributed by atoms with E-state index < -0.39 is 17.4 Å². The number of aliphatic hydroxyl groups excluding tert-OH is 2. The fraction of sp³-hybridized carbons (Fsp3) is 0.786. The maximum Gasteiger partial charge on any atom is 0.249 e. The van der Waals surface area contributed by atoms with Crippen LogP contribution < -0.4 is 5.32 Å². The number of unbranched alkanes of at least 4 members (excludes halogenated alkanes) is 2. The summed E-state index contributed by atoms with van der Waals surface area (Å²) in [5.74, 6) is 0.374. The third-order valence-electron chi connectivity index (χ3n) is 3.32. The lowest BCUT2D eigenvalue weighted by Gasteiger charge is -2.26. The van der Waals surface area contributed by atoms with Gasteiger partial charge in [-0.05, 0) is 6.42 Å². The Balaban J connectivity index is 2.43. The van der Waals surface area contributed by atoms with Gasteiger partial charge in [0.15, 0.2) is 5.82 Å². The van der Waals surface area contributed by atoms with Gasteiger partial charge in [-0.15, -0.1) is 0 Å². The molecule has 0 fully saturated rings. The van der Waals surface area contributed by atoms with Gasteiger partial charge in [0, 0.05) is 11.8 Å². The van der Waals surface area contributed by atoms with Crippen LogP contribution in [0, 0.1) is 5.41 Å². The minimum Gasteiger partial charge on any atom is -0.396 e. The minimum absolute atomic E-state index is 0.0919. The molecule has 0 aromatic carbocycles. The van der Waals surface area contributed by atoms with E-state index in [9.17, 15) is 9.90 Å². The van der Waals surface area contributed by atoms with Crippen LogP contribution in [0.1, 0.15) is 51.7 Å². The summed E-state index contributed by atoms with van der Waals surface area (Å²) in [7, 11) is 0. The van der Waals surface area contributed by atoms with Crippen molar-refractivity contribution in [2.24, 2.45) is 5.41 Å². The van der Waals surface area contributed by atoms with Gasteiger partial charge in [0.25, 0.3) is 0 Å². The normalized spacial score (nSPS) is 13.2. The van der Waals surface area contributed by atoms with E-state index in [1.165, 1.54) is 0 Å². The fourth-order valence-corrected chi connectivity index (χ4v) is 1.69. The third kappa shape index (κ3) is 5.43. The van der Waals surface area contributed by atoms with Crippen LogP contribution in [0.2, 0.25) is 0 Å². The number of carbonyl (C=O) groups is 1. The molecule has 120 valence electrons. The zero-order valence-corrected chi connectivity index (χ0v) is 12.9. The molecular weight excluding hydrogens is 274 g/mol. The number of aliphatic hydroxyl groups is 2. The van der Waals surface area contributed by atoms with E-state index >= 15 is 0 Å². The number of rotatable bonds is 9. The number of hydrogen-bond donors (Lipinski definition) is 3. The van der Waals surface area contributed by atoms with E-state index in [1.54, 1.807) is 13.8 Å². The Labute approximate surface area is 124 Å². The highest BCUT2D eigenvalue weighted by Crippen LogP contribution is 2.19. The number of hydrogen-bond acceptors (Lipinski definition) is 6. The molecule has 1 amide bonds. The highest BCUT2D eigenvalue weighted by molar-refractivity contribution is 5.81. The number of amides is 1. The summed E-state index contributed by atoms with van der Waals surface area (Å²) in [6, 6.07) is 0. The molecular formula is C14H25N3O4. The van der Waals surface area contributed by atoms with Crippen LogP contribution in [0.25, 0.3) is 0 Å². The Kier molecular flexibility index (Phi) is 6.77. The Hall–Kier alpha value is -1.47. The molecule has 1 heterocycles. The first-order valence-corrected chi connectivity index (χ1v) is 7.28. The highest BCUT2D eigenvalue weighted by atomic mass is 16.5. The number of aryl methyl sites for hydroxylation is 1. The number of aromatic nitrogens is 2. The van der Waals surface area contributed by atoms with Crippen LogP contribution in [0.4, 0.5) is 0 Å². The number of carbonyl (C=O) groups excluding carboxylic acids is 1. The van der Waals surface area contributed by atoms with Crippen LogP contribution in [0.3, 0.4) is 0 Å².